The van der Waals surface area contributed by atoms with Gasteiger partial charge in [0, 0.05) is 25.2 Å². The van der Waals surface area contributed by atoms with Crippen LogP contribution in [0.2, 0.25) is 0 Å². The van der Waals surface area contributed by atoms with E-state index in [0.29, 0.717) is 19.5 Å². The highest BCUT2D eigenvalue weighted by atomic mass is 32.2. The summed E-state index contributed by atoms with van der Waals surface area (Å²) in [5.41, 5.74) is 6.12. The quantitative estimate of drug-likeness (QED) is 0.857. The predicted octanol–water partition coefficient (Wildman–Crippen LogP) is 3.33. The summed E-state index contributed by atoms with van der Waals surface area (Å²) in [6.45, 7) is 6.75. The summed E-state index contributed by atoms with van der Waals surface area (Å²) in [7, 11) is -3.47. The molecule has 0 atom stereocenters. The Bertz CT molecular complexity index is 944. The van der Waals surface area contributed by atoms with E-state index in [1.54, 1.807) is 0 Å². The third-order valence-electron chi connectivity index (χ3n) is 5.02. The lowest BCUT2D eigenvalue weighted by Gasteiger charge is -2.28. The van der Waals surface area contributed by atoms with Crippen molar-refractivity contribution in [3.8, 4) is 0 Å². The van der Waals surface area contributed by atoms with E-state index in [9.17, 15) is 13.2 Å². The lowest BCUT2D eigenvalue weighted by molar-refractivity contribution is -0.115. The van der Waals surface area contributed by atoms with Crippen molar-refractivity contribution in [2.45, 2.75) is 40.2 Å². The highest BCUT2D eigenvalue weighted by Crippen LogP contribution is 2.23. The van der Waals surface area contributed by atoms with Gasteiger partial charge in [0.2, 0.25) is 15.9 Å². The molecule has 3 rings (SSSR count). The van der Waals surface area contributed by atoms with Crippen LogP contribution in [0.5, 0.6) is 0 Å². The van der Waals surface area contributed by atoms with Crippen LogP contribution in [0.1, 0.15) is 34.2 Å². The maximum Gasteiger partial charge on any atom is 0.225 e. The van der Waals surface area contributed by atoms with Gasteiger partial charge in [-0.15, -0.1) is 0 Å². The molecule has 1 aliphatic heterocycles. The minimum atomic E-state index is -3.47. The first-order valence-electron chi connectivity index (χ1n) is 9.18. The lowest BCUT2D eigenvalue weighted by Crippen LogP contribution is -2.38. The van der Waals surface area contributed by atoms with Crippen molar-refractivity contribution in [1.29, 1.82) is 0 Å². The summed E-state index contributed by atoms with van der Waals surface area (Å²) in [4.78, 5) is 12.3. The molecule has 0 unspecified atom stereocenters. The molecule has 0 saturated carbocycles. The first-order valence-corrected chi connectivity index (χ1v) is 10.8. The molecule has 2 aromatic rings. The van der Waals surface area contributed by atoms with E-state index in [1.165, 1.54) is 9.87 Å². The molecule has 144 valence electrons. The summed E-state index contributed by atoms with van der Waals surface area (Å²) in [5, 5.41) is 2.87. The summed E-state index contributed by atoms with van der Waals surface area (Å²) >= 11 is 0. The smallest absolute Gasteiger partial charge is 0.225 e. The second-order valence-corrected chi connectivity index (χ2v) is 9.33. The highest BCUT2D eigenvalue weighted by Gasteiger charge is 2.27. The largest absolute Gasteiger partial charge is 0.326 e. The number of hydrogen-bond acceptors (Lipinski definition) is 3. The van der Waals surface area contributed by atoms with Crippen LogP contribution in [0.3, 0.4) is 0 Å². The molecule has 0 aliphatic carbocycles. The van der Waals surface area contributed by atoms with Crippen LogP contribution in [-0.4, -0.2) is 30.9 Å². The molecule has 2 aromatic carbocycles. The molecule has 0 spiro atoms. The third-order valence-corrected chi connectivity index (χ3v) is 6.84. The number of carbonyl (C=O) groups is 1. The van der Waals surface area contributed by atoms with Crippen molar-refractivity contribution in [3.63, 3.8) is 0 Å². The van der Waals surface area contributed by atoms with Gasteiger partial charge in [-0.05, 0) is 49.4 Å². The molecule has 0 saturated heterocycles. The van der Waals surface area contributed by atoms with Gasteiger partial charge in [0.1, 0.15) is 0 Å². The van der Waals surface area contributed by atoms with Crippen molar-refractivity contribution >= 4 is 21.6 Å². The molecule has 0 fully saturated rings. The first kappa shape index (κ1) is 19.6. The summed E-state index contributed by atoms with van der Waals surface area (Å²) in [5.74, 6) is -0.448. The SMILES string of the molecule is Cc1cc(C)c(NC(=O)CCS(=O)(=O)N2CCc3ccccc3C2)c(C)c1. The van der Waals surface area contributed by atoms with Gasteiger partial charge in [-0.25, -0.2) is 8.42 Å². The summed E-state index contributed by atoms with van der Waals surface area (Å²) in [6, 6.07) is 11.9. The maximum absolute atomic E-state index is 12.7. The molecule has 1 heterocycles. The summed E-state index contributed by atoms with van der Waals surface area (Å²) in [6.07, 6.45) is 0.663. The molecule has 1 aliphatic rings. The Morgan fingerprint density at radius 3 is 2.37 bits per heavy atom. The molecule has 6 heteroatoms. The molecule has 27 heavy (non-hydrogen) atoms. The number of nitrogens with one attached hydrogen (secondary N) is 1. The van der Waals surface area contributed by atoms with Crippen LogP contribution in [0.25, 0.3) is 0 Å². The molecule has 0 aromatic heterocycles. The minimum absolute atomic E-state index is 0.0484. The molecular weight excluding hydrogens is 360 g/mol. The van der Waals surface area contributed by atoms with Crippen LogP contribution < -0.4 is 5.32 Å². The van der Waals surface area contributed by atoms with E-state index in [1.807, 2.05) is 57.2 Å². The lowest BCUT2D eigenvalue weighted by atomic mass is 10.0. The number of sulfonamides is 1. The van der Waals surface area contributed by atoms with E-state index >= 15 is 0 Å². The van der Waals surface area contributed by atoms with Gasteiger partial charge in [0.25, 0.3) is 0 Å². The van der Waals surface area contributed by atoms with Crippen LogP contribution >= 0.6 is 0 Å². The maximum atomic E-state index is 12.7. The van der Waals surface area contributed by atoms with Gasteiger partial charge < -0.3 is 5.32 Å². The number of hydrogen-bond donors (Lipinski definition) is 1. The van der Waals surface area contributed by atoms with E-state index in [0.717, 1.165) is 27.9 Å². The van der Waals surface area contributed by atoms with E-state index in [-0.39, 0.29) is 18.1 Å². The zero-order chi connectivity index (χ0) is 19.6. The molecule has 0 radical (unpaired) electrons. The summed E-state index contributed by atoms with van der Waals surface area (Å²) < 4.78 is 26.8. The monoisotopic (exact) mass is 386 g/mol. The van der Waals surface area contributed by atoms with Gasteiger partial charge in [-0.2, -0.15) is 4.31 Å². The van der Waals surface area contributed by atoms with Crippen molar-refractivity contribution in [1.82, 2.24) is 4.31 Å². The highest BCUT2D eigenvalue weighted by molar-refractivity contribution is 7.89. The average molecular weight is 387 g/mol. The number of anilines is 1. The van der Waals surface area contributed by atoms with E-state index in [4.69, 9.17) is 0 Å². The third kappa shape index (κ3) is 4.57. The Kier molecular flexibility index (Phi) is 5.67. The van der Waals surface area contributed by atoms with Gasteiger partial charge >= 0.3 is 0 Å². The number of carbonyl (C=O) groups excluding carboxylic acids is 1. The molecule has 0 bridgehead atoms. The second kappa shape index (κ2) is 7.82. The van der Waals surface area contributed by atoms with Crippen molar-refractivity contribution in [2.24, 2.45) is 0 Å². The number of aryl methyl sites for hydroxylation is 3. The van der Waals surface area contributed by atoms with Crippen LogP contribution in [0.15, 0.2) is 36.4 Å². The Morgan fingerprint density at radius 2 is 1.70 bits per heavy atom. The zero-order valence-corrected chi connectivity index (χ0v) is 16.9. The van der Waals surface area contributed by atoms with E-state index < -0.39 is 10.0 Å². The Labute approximate surface area is 161 Å². The molecule has 5 nitrogen and oxygen atoms in total. The molecule has 1 amide bonds. The van der Waals surface area contributed by atoms with Crippen LogP contribution in [-0.2, 0) is 27.8 Å². The normalized spacial score (nSPS) is 14.6. The standard InChI is InChI=1S/C21H26N2O3S/c1-15-12-16(2)21(17(3)13-15)22-20(24)9-11-27(25,26)23-10-8-18-6-4-5-7-19(18)14-23/h4-7,12-13H,8-11,14H2,1-3H3,(H,22,24). The van der Waals surface area contributed by atoms with Gasteiger partial charge in [-0.1, -0.05) is 42.0 Å². The first-order chi connectivity index (χ1) is 12.8. The number of rotatable bonds is 5. The van der Waals surface area contributed by atoms with Crippen molar-refractivity contribution in [3.05, 3.63) is 64.2 Å². The fraction of sp³-hybridized carbons (Fsp3) is 0.381. The number of nitrogens with zero attached hydrogens (tertiary/aromatic N) is 1. The topological polar surface area (TPSA) is 66.5 Å². The van der Waals surface area contributed by atoms with Crippen LogP contribution in [0.4, 0.5) is 5.69 Å². The molecular formula is C21H26N2O3S. The number of fused-ring (bicyclic) bond motifs is 1. The second-order valence-electron chi connectivity index (χ2n) is 7.24. The average Bonchev–Trinajstić information content (AvgIpc) is 2.62. The fourth-order valence-electron chi connectivity index (χ4n) is 3.64. The predicted molar refractivity (Wildman–Crippen MR) is 108 cm³/mol. The van der Waals surface area contributed by atoms with Gasteiger partial charge in [-0.3, -0.25) is 4.79 Å². The fourth-order valence-corrected chi connectivity index (χ4v) is 5.04. The number of amides is 1. The minimum Gasteiger partial charge on any atom is -0.326 e. The number of benzene rings is 2. The van der Waals surface area contributed by atoms with E-state index in [2.05, 4.69) is 5.32 Å². The van der Waals surface area contributed by atoms with Crippen LogP contribution in [0, 0.1) is 20.8 Å². The van der Waals surface area contributed by atoms with Gasteiger partial charge in [0.15, 0.2) is 0 Å². The zero-order valence-electron chi connectivity index (χ0n) is 16.1. The Balaban J connectivity index is 1.62. The van der Waals surface area contributed by atoms with Crippen molar-refractivity contribution in [2.75, 3.05) is 17.6 Å². The molecule has 1 N–H and O–H groups in total. The Morgan fingerprint density at radius 1 is 1.07 bits per heavy atom. The van der Waals surface area contributed by atoms with Gasteiger partial charge in [0.05, 0.1) is 5.75 Å². The Hall–Kier alpha value is -2.18. The van der Waals surface area contributed by atoms with Crippen molar-refractivity contribution < 1.29 is 13.2 Å².